The number of nitrogens with zero attached hydrogens (tertiary/aromatic N) is 5. The van der Waals surface area contributed by atoms with Crippen LogP contribution in [0.25, 0.3) is 0 Å². The maximum atomic E-state index is 10.4. The van der Waals surface area contributed by atoms with Gasteiger partial charge in [-0.25, -0.2) is 5.01 Å². The molecule has 3 aliphatic rings. The lowest BCUT2D eigenvalue weighted by molar-refractivity contribution is 0.0641. The maximum Gasteiger partial charge on any atom is 0.270 e. The fourth-order valence-electron chi connectivity index (χ4n) is 6.04. The van der Waals surface area contributed by atoms with Crippen LogP contribution in [0.2, 0.25) is 0 Å². The molecule has 2 aliphatic heterocycles. The van der Waals surface area contributed by atoms with Crippen molar-refractivity contribution in [3.05, 3.63) is 56.1 Å². The van der Waals surface area contributed by atoms with Crippen molar-refractivity contribution in [1.82, 2.24) is 9.91 Å². The molecule has 0 saturated heterocycles. The molecule has 4 heterocycles. The zero-order valence-corrected chi connectivity index (χ0v) is 19.3. The second-order valence-electron chi connectivity index (χ2n) is 9.10. The molecule has 30 heavy (non-hydrogen) atoms. The van der Waals surface area contributed by atoms with Gasteiger partial charge in [-0.1, -0.05) is 26.0 Å². The normalized spacial score (nSPS) is 30.1. The molecule has 1 fully saturated rings. The lowest BCUT2D eigenvalue weighted by Gasteiger charge is -2.44. The number of hydrogen-bond acceptors (Lipinski definition) is 7. The van der Waals surface area contributed by atoms with Crippen molar-refractivity contribution >= 4 is 28.4 Å². The predicted octanol–water partition coefficient (Wildman–Crippen LogP) is 4.63. The highest BCUT2D eigenvalue weighted by atomic mass is 32.1. The van der Waals surface area contributed by atoms with Gasteiger partial charge < -0.3 is 4.90 Å². The molecule has 1 aliphatic carbocycles. The fraction of sp³-hybridized carbons (Fsp3) is 0.435. The molecule has 1 saturated carbocycles. The molecule has 2 aromatic heterocycles. The van der Waals surface area contributed by atoms with E-state index in [1.54, 1.807) is 22.7 Å². The number of hydrogen-bond donors (Lipinski definition) is 0. The molecular weight excluding hydrogens is 410 g/mol. The van der Waals surface area contributed by atoms with Gasteiger partial charge in [0, 0.05) is 30.8 Å². The van der Waals surface area contributed by atoms with E-state index in [1.807, 2.05) is 30.1 Å². The van der Waals surface area contributed by atoms with Gasteiger partial charge in [0.25, 0.3) is 5.54 Å². The topological polar surface area (TPSA) is 66.4 Å². The molecular formula is C23H23N5S2. The highest BCUT2D eigenvalue weighted by molar-refractivity contribution is 7.12. The van der Waals surface area contributed by atoms with Crippen LogP contribution < -0.4 is 0 Å². The van der Waals surface area contributed by atoms with E-state index in [1.165, 1.54) is 0 Å². The Morgan fingerprint density at radius 2 is 1.77 bits per heavy atom. The maximum absolute atomic E-state index is 10.4. The van der Waals surface area contributed by atoms with Crippen LogP contribution >= 0.6 is 22.7 Å². The van der Waals surface area contributed by atoms with Crippen molar-refractivity contribution < 1.29 is 0 Å². The SMILES string of the molecule is CC1=C(N(C)C)C(C#N)(C#N)N2N=C(c3cccs3)[C@@H]3[C@@H](C3(C)C)[C@]12c1cccs1. The lowest BCUT2D eigenvalue weighted by Crippen LogP contribution is -2.55. The highest BCUT2D eigenvalue weighted by Gasteiger charge is 2.79. The first-order chi connectivity index (χ1) is 14.3. The predicted molar refractivity (Wildman–Crippen MR) is 120 cm³/mol. The second kappa shape index (κ2) is 5.97. The first-order valence-electron chi connectivity index (χ1n) is 9.96. The summed E-state index contributed by atoms with van der Waals surface area (Å²) in [6, 6.07) is 13.1. The molecule has 0 N–H and O–H groups in total. The molecule has 5 nitrogen and oxygen atoms in total. The van der Waals surface area contributed by atoms with E-state index in [2.05, 4.69) is 61.9 Å². The summed E-state index contributed by atoms with van der Waals surface area (Å²) < 4.78 is 0. The Kier molecular flexibility index (Phi) is 3.85. The Morgan fingerprint density at radius 3 is 2.30 bits per heavy atom. The first-order valence-corrected chi connectivity index (χ1v) is 11.7. The van der Waals surface area contributed by atoms with Gasteiger partial charge in [0.05, 0.1) is 16.3 Å². The van der Waals surface area contributed by atoms with Crippen molar-refractivity contribution in [2.75, 3.05) is 14.1 Å². The minimum absolute atomic E-state index is 0.00123. The van der Waals surface area contributed by atoms with Gasteiger partial charge in [0.2, 0.25) is 0 Å². The van der Waals surface area contributed by atoms with Gasteiger partial charge in [-0.05, 0) is 40.8 Å². The van der Waals surface area contributed by atoms with Crippen LogP contribution in [0.4, 0.5) is 0 Å². The monoisotopic (exact) mass is 433 g/mol. The summed E-state index contributed by atoms with van der Waals surface area (Å²) in [6.07, 6.45) is 0. The average molecular weight is 434 g/mol. The molecule has 0 unspecified atom stereocenters. The number of nitriles is 2. The van der Waals surface area contributed by atoms with Crippen LogP contribution in [-0.4, -0.2) is 35.3 Å². The number of thiophene rings is 2. The molecule has 0 amide bonds. The third-order valence-electron chi connectivity index (χ3n) is 7.14. The minimum Gasteiger partial charge on any atom is -0.377 e. The van der Waals surface area contributed by atoms with Gasteiger partial charge in [0.15, 0.2) is 0 Å². The summed E-state index contributed by atoms with van der Waals surface area (Å²) in [6.45, 7) is 6.69. The molecule has 152 valence electrons. The summed E-state index contributed by atoms with van der Waals surface area (Å²) in [5.41, 5.74) is 0.764. The summed E-state index contributed by atoms with van der Waals surface area (Å²) in [7, 11) is 3.84. The number of likely N-dealkylation sites (N-methyl/N-ethyl adjacent to an activating group) is 1. The number of rotatable bonds is 3. The molecule has 7 heteroatoms. The van der Waals surface area contributed by atoms with E-state index in [0.29, 0.717) is 0 Å². The first kappa shape index (κ1) is 19.4. The number of fused-ring (bicyclic) bond motifs is 3. The van der Waals surface area contributed by atoms with E-state index in [9.17, 15) is 10.5 Å². The molecule has 2 aromatic rings. The van der Waals surface area contributed by atoms with Crippen molar-refractivity contribution in [2.45, 2.75) is 31.8 Å². The summed E-state index contributed by atoms with van der Waals surface area (Å²) in [5.74, 6) is 0.512. The highest BCUT2D eigenvalue weighted by Crippen LogP contribution is 2.75. The second-order valence-corrected chi connectivity index (χ2v) is 11.0. The van der Waals surface area contributed by atoms with Crippen molar-refractivity contribution in [2.24, 2.45) is 22.4 Å². The van der Waals surface area contributed by atoms with Gasteiger partial charge >= 0.3 is 0 Å². The van der Waals surface area contributed by atoms with Crippen molar-refractivity contribution in [3.8, 4) is 12.1 Å². The average Bonchev–Trinajstić information content (AvgIpc) is 3.26. The molecule has 0 spiro atoms. The third-order valence-corrected chi connectivity index (χ3v) is 9.03. The number of hydrazone groups is 1. The van der Waals surface area contributed by atoms with Gasteiger partial charge in [0.1, 0.15) is 17.7 Å². The van der Waals surface area contributed by atoms with E-state index in [4.69, 9.17) is 5.10 Å². The molecule has 0 aromatic carbocycles. The summed E-state index contributed by atoms with van der Waals surface area (Å²) in [5, 5.41) is 32.0. The molecule has 5 rings (SSSR count). The van der Waals surface area contributed by atoms with Gasteiger partial charge in [-0.3, -0.25) is 0 Å². The van der Waals surface area contributed by atoms with Crippen LogP contribution in [-0.2, 0) is 5.54 Å². The van der Waals surface area contributed by atoms with E-state index < -0.39 is 11.1 Å². The Balaban J connectivity index is 1.90. The van der Waals surface area contributed by atoms with Gasteiger partial charge in [-0.2, -0.15) is 15.6 Å². The largest absolute Gasteiger partial charge is 0.377 e. The zero-order chi connectivity index (χ0) is 21.5. The van der Waals surface area contributed by atoms with E-state index in [-0.39, 0.29) is 17.3 Å². The van der Waals surface area contributed by atoms with Crippen LogP contribution in [0.5, 0.6) is 0 Å². The Bertz CT molecular complexity index is 1140. The Hall–Kier alpha value is -2.61. The van der Waals surface area contributed by atoms with Crippen LogP contribution in [0.15, 0.2) is 51.4 Å². The smallest absolute Gasteiger partial charge is 0.270 e. The van der Waals surface area contributed by atoms with E-state index in [0.717, 1.165) is 26.7 Å². The van der Waals surface area contributed by atoms with Crippen LogP contribution in [0.1, 0.15) is 30.5 Å². The quantitative estimate of drug-likeness (QED) is 0.708. The standard InChI is InChI=1S/C23H23N5S2/c1-14-20(27(4)5)22(12-24,13-25)28-23(14,16-9-7-11-30-16)19-17(21(19,2)3)18(26-28)15-8-6-10-29-15/h6-11,17,19H,1-5H3/t17-,19+,23-/m1/s1. The van der Waals surface area contributed by atoms with Crippen LogP contribution in [0, 0.1) is 39.9 Å². The Morgan fingerprint density at radius 1 is 1.10 bits per heavy atom. The van der Waals surface area contributed by atoms with Crippen molar-refractivity contribution in [1.29, 1.82) is 10.5 Å². The van der Waals surface area contributed by atoms with E-state index >= 15 is 0 Å². The third kappa shape index (κ3) is 1.98. The Labute approximate surface area is 185 Å². The van der Waals surface area contributed by atoms with Crippen LogP contribution in [0.3, 0.4) is 0 Å². The minimum atomic E-state index is -1.47. The molecule has 3 atom stereocenters. The van der Waals surface area contributed by atoms with Crippen molar-refractivity contribution in [3.63, 3.8) is 0 Å². The fourth-order valence-corrected chi connectivity index (χ4v) is 7.80. The molecule has 0 bridgehead atoms. The zero-order valence-electron chi connectivity index (χ0n) is 17.7. The lowest BCUT2D eigenvalue weighted by atomic mass is 9.80. The van der Waals surface area contributed by atoms with Gasteiger partial charge in [-0.15, -0.1) is 22.7 Å². The summed E-state index contributed by atoms with van der Waals surface area (Å²) in [4.78, 5) is 4.21. The summed E-state index contributed by atoms with van der Waals surface area (Å²) >= 11 is 3.36. The molecule has 0 radical (unpaired) electrons.